The van der Waals surface area contributed by atoms with Crippen molar-refractivity contribution in [1.29, 1.82) is 0 Å². The average Bonchev–Trinajstić information content (AvgIpc) is 2.75. The molecule has 1 aromatic heterocycles. The van der Waals surface area contributed by atoms with Crippen molar-refractivity contribution in [2.24, 2.45) is 0 Å². The Kier molecular flexibility index (Phi) is 3.76. The molecule has 19 heavy (non-hydrogen) atoms. The Morgan fingerprint density at radius 2 is 2.21 bits per heavy atom. The maximum absolute atomic E-state index is 13.5. The maximum Gasteiger partial charge on any atom is 0.272 e. The van der Waals surface area contributed by atoms with E-state index in [-0.39, 0.29) is 5.69 Å². The van der Waals surface area contributed by atoms with Crippen LogP contribution < -0.4 is 11.1 Å². The van der Waals surface area contributed by atoms with Crippen molar-refractivity contribution in [1.82, 2.24) is 4.57 Å². The minimum Gasteiger partial charge on any atom is -0.397 e. The topological polar surface area (TPSA) is 60.0 Å². The number of aryl methyl sites for hydroxylation is 1. The van der Waals surface area contributed by atoms with Crippen LogP contribution in [0.4, 0.5) is 15.8 Å². The first kappa shape index (κ1) is 13.4. The van der Waals surface area contributed by atoms with E-state index in [0.29, 0.717) is 22.9 Å². The van der Waals surface area contributed by atoms with Crippen LogP contribution in [-0.2, 0) is 6.54 Å². The second kappa shape index (κ2) is 5.32. The van der Waals surface area contributed by atoms with E-state index < -0.39 is 11.7 Å². The molecule has 2 aromatic rings. The van der Waals surface area contributed by atoms with Gasteiger partial charge in [0.2, 0.25) is 0 Å². The van der Waals surface area contributed by atoms with E-state index in [0.717, 1.165) is 0 Å². The summed E-state index contributed by atoms with van der Waals surface area (Å²) in [5.41, 5.74) is 6.54. The highest BCUT2D eigenvalue weighted by Crippen LogP contribution is 2.21. The fourth-order valence-electron chi connectivity index (χ4n) is 1.76. The second-order valence-electron chi connectivity index (χ2n) is 4.02. The van der Waals surface area contributed by atoms with E-state index in [4.69, 9.17) is 17.3 Å². The number of hydrogen-bond donors (Lipinski definition) is 2. The SMILES string of the molecule is CCn1cc(N)cc1C(=O)Nc1cc(Cl)ccc1F. The Labute approximate surface area is 115 Å². The number of hydrogen-bond acceptors (Lipinski definition) is 2. The van der Waals surface area contributed by atoms with Gasteiger partial charge in [-0.3, -0.25) is 4.79 Å². The van der Waals surface area contributed by atoms with Gasteiger partial charge in [0.1, 0.15) is 11.5 Å². The first-order valence-corrected chi connectivity index (χ1v) is 6.11. The summed E-state index contributed by atoms with van der Waals surface area (Å²) in [6.07, 6.45) is 1.66. The van der Waals surface area contributed by atoms with Gasteiger partial charge >= 0.3 is 0 Å². The molecule has 0 aliphatic carbocycles. The molecule has 100 valence electrons. The van der Waals surface area contributed by atoms with Gasteiger partial charge in [-0.1, -0.05) is 11.6 Å². The number of nitrogens with two attached hydrogens (primary N) is 1. The number of anilines is 2. The zero-order chi connectivity index (χ0) is 14.0. The quantitative estimate of drug-likeness (QED) is 0.908. The highest BCUT2D eigenvalue weighted by molar-refractivity contribution is 6.31. The molecule has 0 bridgehead atoms. The third-order valence-electron chi connectivity index (χ3n) is 2.67. The minimum absolute atomic E-state index is 0.0416. The zero-order valence-corrected chi connectivity index (χ0v) is 11.0. The van der Waals surface area contributed by atoms with E-state index in [2.05, 4.69) is 5.32 Å². The average molecular weight is 282 g/mol. The third kappa shape index (κ3) is 2.88. The lowest BCUT2D eigenvalue weighted by Crippen LogP contribution is -2.17. The molecule has 0 aliphatic rings. The molecule has 0 radical (unpaired) electrons. The van der Waals surface area contributed by atoms with Crippen molar-refractivity contribution in [3.05, 3.63) is 47.0 Å². The fraction of sp³-hybridized carbons (Fsp3) is 0.154. The number of amides is 1. The van der Waals surface area contributed by atoms with E-state index in [1.807, 2.05) is 6.92 Å². The standard InChI is InChI=1S/C13H13ClFN3O/c1-2-18-7-9(16)6-12(18)13(19)17-11-5-8(14)3-4-10(11)15/h3-7H,2,16H2,1H3,(H,17,19). The lowest BCUT2D eigenvalue weighted by atomic mass is 10.3. The van der Waals surface area contributed by atoms with Crippen molar-refractivity contribution in [2.45, 2.75) is 13.5 Å². The fourth-order valence-corrected chi connectivity index (χ4v) is 1.94. The zero-order valence-electron chi connectivity index (χ0n) is 10.3. The van der Waals surface area contributed by atoms with Crippen LogP contribution in [0.2, 0.25) is 5.02 Å². The summed E-state index contributed by atoms with van der Waals surface area (Å²) in [6, 6.07) is 5.52. The largest absolute Gasteiger partial charge is 0.397 e. The van der Waals surface area contributed by atoms with Gasteiger partial charge in [0.15, 0.2) is 0 Å². The summed E-state index contributed by atoms with van der Waals surface area (Å²) in [7, 11) is 0. The second-order valence-corrected chi connectivity index (χ2v) is 4.46. The number of benzene rings is 1. The van der Waals surface area contributed by atoms with Gasteiger partial charge in [-0.2, -0.15) is 0 Å². The summed E-state index contributed by atoms with van der Waals surface area (Å²) >= 11 is 5.77. The molecule has 0 aliphatic heterocycles. The monoisotopic (exact) mass is 281 g/mol. The van der Waals surface area contributed by atoms with Crippen molar-refractivity contribution < 1.29 is 9.18 Å². The number of nitrogen functional groups attached to an aromatic ring is 1. The lowest BCUT2D eigenvalue weighted by molar-refractivity contribution is 0.101. The maximum atomic E-state index is 13.5. The molecule has 1 amide bonds. The van der Waals surface area contributed by atoms with Crippen LogP contribution in [0.1, 0.15) is 17.4 Å². The Morgan fingerprint density at radius 3 is 2.89 bits per heavy atom. The smallest absolute Gasteiger partial charge is 0.272 e. The summed E-state index contributed by atoms with van der Waals surface area (Å²) in [6.45, 7) is 2.48. The van der Waals surface area contributed by atoms with Gasteiger partial charge in [0.05, 0.1) is 11.4 Å². The van der Waals surface area contributed by atoms with Crippen LogP contribution >= 0.6 is 11.6 Å². The predicted octanol–water partition coefficient (Wildman–Crippen LogP) is 3.14. The normalized spacial score (nSPS) is 10.5. The molecule has 0 saturated carbocycles. The number of carbonyl (C=O) groups is 1. The van der Waals surface area contributed by atoms with Gasteiger partial charge in [-0.25, -0.2) is 4.39 Å². The molecule has 0 saturated heterocycles. The van der Waals surface area contributed by atoms with Crippen LogP contribution in [0.15, 0.2) is 30.5 Å². The molecule has 4 nitrogen and oxygen atoms in total. The van der Waals surface area contributed by atoms with Gasteiger partial charge in [-0.05, 0) is 31.2 Å². The Balaban J connectivity index is 2.27. The first-order chi connectivity index (χ1) is 9.01. The summed E-state index contributed by atoms with van der Waals surface area (Å²) in [5.74, 6) is -0.972. The molecule has 0 fully saturated rings. The Hall–Kier alpha value is -2.01. The van der Waals surface area contributed by atoms with Crippen LogP contribution in [0.5, 0.6) is 0 Å². The highest BCUT2D eigenvalue weighted by atomic mass is 35.5. The number of nitrogens with zero attached hydrogens (tertiary/aromatic N) is 1. The molecule has 2 rings (SSSR count). The molecule has 0 atom stereocenters. The third-order valence-corrected chi connectivity index (χ3v) is 2.90. The van der Waals surface area contributed by atoms with Gasteiger partial charge in [0.25, 0.3) is 5.91 Å². The van der Waals surface area contributed by atoms with E-state index in [1.165, 1.54) is 18.2 Å². The Morgan fingerprint density at radius 1 is 1.47 bits per heavy atom. The Bertz CT molecular complexity index is 624. The number of rotatable bonds is 3. The molecular weight excluding hydrogens is 269 g/mol. The molecule has 3 N–H and O–H groups in total. The van der Waals surface area contributed by atoms with Crippen LogP contribution in [0, 0.1) is 5.82 Å². The summed E-state index contributed by atoms with van der Waals surface area (Å²) in [5, 5.41) is 2.83. The van der Waals surface area contributed by atoms with Crippen molar-refractivity contribution in [3.63, 3.8) is 0 Å². The first-order valence-electron chi connectivity index (χ1n) is 5.73. The van der Waals surface area contributed by atoms with Crippen molar-refractivity contribution in [3.8, 4) is 0 Å². The molecule has 1 aromatic carbocycles. The summed E-state index contributed by atoms with van der Waals surface area (Å²) < 4.78 is 15.2. The summed E-state index contributed by atoms with van der Waals surface area (Å²) in [4.78, 5) is 12.1. The molecule has 1 heterocycles. The number of aromatic nitrogens is 1. The van der Waals surface area contributed by atoms with Gasteiger partial charge < -0.3 is 15.6 Å². The van der Waals surface area contributed by atoms with Crippen LogP contribution in [0.25, 0.3) is 0 Å². The minimum atomic E-state index is -0.541. The van der Waals surface area contributed by atoms with E-state index >= 15 is 0 Å². The molecule has 0 spiro atoms. The lowest BCUT2D eigenvalue weighted by Gasteiger charge is -2.08. The van der Waals surface area contributed by atoms with E-state index in [9.17, 15) is 9.18 Å². The van der Waals surface area contributed by atoms with Crippen LogP contribution in [0.3, 0.4) is 0 Å². The number of carbonyl (C=O) groups excluding carboxylic acids is 1. The number of nitrogens with one attached hydrogen (secondary N) is 1. The predicted molar refractivity (Wildman–Crippen MR) is 73.9 cm³/mol. The number of halogens is 2. The molecule has 0 unspecified atom stereocenters. The highest BCUT2D eigenvalue weighted by Gasteiger charge is 2.14. The molecule has 6 heteroatoms. The van der Waals surface area contributed by atoms with Gasteiger partial charge in [0, 0.05) is 17.8 Å². The van der Waals surface area contributed by atoms with E-state index in [1.54, 1.807) is 16.8 Å². The molecular formula is C13H13ClFN3O. The van der Waals surface area contributed by atoms with Crippen molar-refractivity contribution >= 4 is 28.9 Å². The van der Waals surface area contributed by atoms with Crippen LogP contribution in [-0.4, -0.2) is 10.5 Å². The van der Waals surface area contributed by atoms with Gasteiger partial charge in [-0.15, -0.1) is 0 Å². The van der Waals surface area contributed by atoms with Crippen molar-refractivity contribution in [2.75, 3.05) is 11.1 Å².